The number of carbonyl (C=O) groups excluding carboxylic acids is 1. The third-order valence-corrected chi connectivity index (χ3v) is 3.18. The molecule has 0 radical (unpaired) electrons. The molecule has 0 N–H and O–H groups in total. The maximum absolute atomic E-state index is 10.8. The number of rotatable bonds is 5. The molecule has 1 aliphatic rings. The van der Waals surface area contributed by atoms with Gasteiger partial charge in [-0.05, 0) is 30.3 Å². The Morgan fingerprint density at radius 1 is 1.14 bits per heavy atom. The normalized spacial score (nSPS) is 12.0. The molecule has 0 bridgehead atoms. The largest absolute Gasteiger partial charge is 0.496 e. The van der Waals surface area contributed by atoms with Crippen LogP contribution in [0.3, 0.4) is 0 Å². The Kier molecular flexibility index (Phi) is 3.64. The molecule has 0 aliphatic carbocycles. The van der Waals surface area contributed by atoms with Crippen LogP contribution >= 0.6 is 0 Å². The molecule has 108 valence electrons. The fraction of sp³-hybridized carbons (Fsp3) is 0.188. The average Bonchev–Trinajstić information content (AvgIpc) is 3.00. The molecule has 0 aromatic heterocycles. The van der Waals surface area contributed by atoms with Gasteiger partial charge in [0.15, 0.2) is 11.5 Å². The summed E-state index contributed by atoms with van der Waals surface area (Å²) < 4.78 is 21.5. The number of carbonyl (C=O) groups is 1. The highest BCUT2D eigenvalue weighted by molar-refractivity contribution is 5.75. The van der Waals surface area contributed by atoms with Gasteiger partial charge in [0.25, 0.3) is 0 Å². The first kappa shape index (κ1) is 13.3. The predicted molar refractivity (Wildman–Crippen MR) is 75.3 cm³/mol. The molecule has 0 unspecified atom stereocenters. The van der Waals surface area contributed by atoms with Crippen LogP contribution in [0.4, 0.5) is 0 Å². The zero-order valence-corrected chi connectivity index (χ0v) is 11.5. The Bertz CT molecular complexity index is 666. The summed E-state index contributed by atoms with van der Waals surface area (Å²) in [6.45, 7) is 0.526. The highest BCUT2D eigenvalue weighted by atomic mass is 16.7. The van der Waals surface area contributed by atoms with Gasteiger partial charge in [0.05, 0.1) is 7.11 Å². The van der Waals surface area contributed by atoms with Gasteiger partial charge in [-0.15, -0.1) is 0 Å². The Labute approximate surface area is 122 Å². The van der Waals surface area contributed by atoms with Gasteiger partial charge in [-0.3, -0.25) is 4.79 Å². The van der Waals surface area contributed by atoms with E-state index in [1.54, 1.807) is 37.4 Å². The molecule has 5 heteroatoms. The minimum atomic E-state index is 0.230. The number of ether oxygens (including phenoxy) is 4. The van der Waals surface area contributed by atoms with E-state index in [0.29, 0.717) is 35.2 Å². The van der Waals surface area contributed by atoms with Crippen molar-refractivity contribution in [2.24, 2.45) is 0 Å². The second-order valence-corrected chi connectivity index (χ2v) is 4.49. The van der Waals surface area contributed by atoms with Gasteiger partial charge in [-0.1, -0.05) is 0 Å². The molecule has 0 amide bonds. The minimum absolute atomic E-state index is 0.230. The standard InChI is InChI=1S/C16H14O5/c1-18-14-4-2-11(8-17)6-12(14)9-19-13-3-5-15-16(7-13)21-10-20-15/h2-8H,9-10H2,1H3. The average molecular weight is 286 g/mol. The molecule has 5 nitrogen and oxygen atoms in total. The fourth-order valence-corrected chi connectivity index (χ4v) is 2.11. The van der Waals surface area contributed by atoms with E-state index >= 15 is 0 Å². The van der Waals surface area contributed by atoms with Crippen LogP contribution in [0, 0.1) is 0 Å². The SMILES string of the molecule is COc1ccc(C=O)cc1COc1ccc2c(c1)OCO2. The van der Waals surface area contributed by atoms with E-state index in [1.165, 1.54) is 0 Å². The number of fused-ring (bicyclic) bond motifs is 1. The molecule has 2 aromatic rings. The summed E-state index contributed by atoms with van der Waals surface area (Å²) in [5.74, 6) is 2.73. The number of benzene rings is 2. The van der Waals surface area contributed by atoms with E-state index in [0.717, 1.165) is 11.8 Å². The van der Waals surface area contributed by atoms with Crippen LogP contribution in [-0.4, -0.2) is 20.2 Å². The smallest absolute Gasteiger partial charge is 0.231 e. The van der Waals surface area contributed by atoms with E-state index in [4.69, 9.17) is 18.9 Å². The Morgan fingerprint density at radius 2 is 2.00 bits per heavy atom. The maximum atomic E-state index is 10.8. The summed E-state index contributed by atoms with van der Waals surface area (Å²) in [5.41, 5.74) is 1.39. The zero-order valence-electron chi connectivity index (χ0n) is 11.5. The van der Waals surface area contributed by atoms with Gasteiger partial charge in [0, 0.05) is 17.2 Å². The Hall–Kier alpha value is -2.69. The first-order valence-corrected chi connectivity index (χ1v) is 6.44. The van der Waals surface area contributed by atoms with Crippen molar-refractivity contribution in [2.75, 3.05) is 13.9 Å². The van der Waals surface area contributed by atoms with Crippen LogP contribution < -0.4 is 18.9 Å². The van der Waals surface area contributed by atoms with Crippen molar-refractivity contribution in [3.63, 3.8) is 0 Å². The molecule has 0 fully saturated rings. The van der Waals surface area contributed by atoms with E-state index in [1.807, 2.05) is 6.07 Å². The van der Waals surface area contributed by atoms with E-state index < -0.39 is 0 Å². The van der Waals surface area contributed by atoms with E-state index in [-0.39, 0.29) is 6.79 Å². The first-order chi connectivity index (χ1) is 10.3. The van der Waals surface area contributed by atoms with Crippen molar-refractivity contribution in [1.82, 2.24) is 0 Å². The van der Waals surface area contributed by atoms with Crippen LogP contribution in [0.2, 0.25) is 0 Å². The second-order valence-electron chi connectivity index (χ2n) is 4.49. The second kappa shape index (κ2) is 5.75. The van der Waals surface area contributed by atoms with Crippen molar-refractivity contribution < 1.29 is 23.7 Å². The predicted octanol–water partition coefficient (Wildman–Crippen LogP) is 2.82. The van der Waals surface area contributed by atoms with Crippen LogP contribution in [0.5, 0.6) is 23.0 Å². The van der Waals surface area contributed by atoms with Crippen molar-refractivity contribution in [3.05, 3.63) is 47.5 Å². The summed E-state index contributed by atoms with van der Waals surface area (Å²) >= 11 is 0. The molecular formula is C16H14O5. The molecule has 0 saturated heterocycles. The minimum Gasteiger partial charge on any atom is -0.496 e. The summed E-state index contributed by atoms with van der Waals surface area (Å²) in [5, 5.41) is 0. The van der Waals surface area contributed by atoms with Crippen molar-refractivity contribution in [2.45, 2.75) is 6.61 Å². The van der Waals surface area contributed by atoms with E-state index in [9.17, 15) is 4.79 Å². The lowest BCUT2D eigenvalue weighted by molar-refractivity contribution is 0.112. The third-order valence-electron chi connectivity index (χ3n) is 3.18. The van der Waals surface area contributed by atoms with Crippen LogP contribution in [0.1, 0.15) is 15.9 Å². The monoisotopic (exact) mass is 286 g/mol. The molecule has 21 heavy (non-hydrogen) atoms. The van der Waals surface area contributed by atoms with E-state index in [2.05, 4.69) is 0 Å². The molecule has 0 saturated carbocycles. The molecule has 1 aliphatic heterocycles. The van der Waals surface area contributed by atoms with Crippen LogP contribution in [0.25, 0.3) is 0 Å². The van der Waals surface area contributed by atoms with Crippen LogP contribution in [0.15, 0.2) is 36.4 Å². The molecular weight excluding hydrogens is 272 g/mol. The van der Waals surface area contributed by atoms with Crippen LogP contribution in [-0.2, 0) is 6.61 Å². The highest BCUT2D eigenvalue weighted by Gasteiger charge is 2.14. The summed E-state index contributed by atoms with van der Waals surface area (Å²) in [7, 11) is 1.58. The van der Waals surface area contributed by atoms with Gasteiger partial charge >= 0.3 is 0 Å². The van der Waals surface area contributed by atoms with Gasteiger partial charge in [0.2, 0.25) is 6.79 Å². The molecule has 0 atom stereocenters. The van der Waals surface area contributed by atoms with Gasteiger partial charge in [-0.2, -0.15) is 0 Å². The Balaban J connectivity index is 1.76. The summed E-state index contributed by atoms with van der Waals surface area (Å²) in [4.78, 5) is 10.8. The summed E-state index contributed by atoms with van der Waals surface area (Å²) in [6, 6.07) is 10.6. The third kappa shape index (κ3) is 2.76. The lowest BCUT2D eigenvalue weighted by Gasteiger charge is -2.11. The van der Waals surface area contributed by atoms with Crippen molar-refractivity contribution in [1.29, 1.82) is 0 Å². The molecule has 2 aromatic carbocycles. The lowest BCUT2D eigenvalue weighted by atomic mass is 10.1. The van der Waals surface area contributed by atoms with Crippen molar-refractivity contribution in [3.8, 4) is 23.0 Å². The van der Waals surface area contributed by atoms with Gasteiger partial charge < -0.3 is 18.9 Å². The van der Waals surface area contributed by atoms with Crippen molar-refractivity contribution >= 4 is 6.29 Å². The first-order valence-electron chi connectivity index (χ1n) is 6.44. The lowest BCUT2D eigenvalue weighted by Crippen LogP contribution is -2.00. The quantitative estimate of drug-likeness (QED) is 0.791. The molecule has 1 heterocycles. The van der Waals surface area contributed by atoms with Gasteiger partial charge in [0.1, 0.15) is 24.4 Å². The fourth-order valence-electron chi connectivity index (χ4n) is 2.11. The molecule has 0 spiro atoms. The highest BCUT2D eigenvalue weighted by Crippen LogP contribution is 2.35. The Morgan fingerprint density at radius 3 is 2.81 bits per heavy atom. The number of methoxy groups -OCH3 is 1. The topological polar surface area (TPSA) is 54.0 Å². The van der Waals surface area contributed by atoms with Gasteiger partial charge in [-0.25, -0.2) is 0 Å². The number of aldehydes is 1. The molecule has 3 rings (SSSR count). The summed E-state index contributed by atoms with van der Waals surface area (Å²) in [6.07, 6.45) is 0.795. The number of hydrogen-bond acceptors (Lipinski definition) is 5. The zero-order chi connectivity index (χ0) is 14.7. The maximum Gasteiger partial charge on any atom is 0.231 e. The number of hydrogen-bond donors (Lipinski definition) is 0.